The molecule has 8 rings (SSSR count). The Kier molecular flexibility index (Phi) is 14.7. The van der Waals surface area contributed by atoms with Gasteiger partial charge in [0.2, 0.25) is 5.91 Å². The van der Waals surface area contributed by atoms with Gasteiger partial charge in [-0.3, -0.25) is 29.3 Å². The first kappa shape index (κ1) is 48.8. The summed E-state index contributed by atoms with van der Waals surface area (Å²) in [7, 11) is 5.42. The summed E-state index contributed by atoms with van der Waals surface area (Å²) >= 11 is 1.43. The maximum absolute atomic E-state index is 14.7. The topological polar surface area (TPSA) is 154 Å². The minimum Gasteiger partial charge on any atom is -0.464 e. The molecule has 15 nitrogen and oxygen atoms in total. The molecule has 2 aromatic carbocycles. The molecule has 4 amide bonds. The number of carbonyl (C=O) groups is 4. The van der Waals surface area contributed by atoms with Crippen LogP contribution < -0.4 is 10.7 Å². The summed E-state index contributed by atoms with van der Waals surface area (Å²) in [6, 6.07) is 17.7. The number of ether oxygens (including phenoxy) is 2. The van der Waals surface area contributed by atoms with Crippen LogP contribution in [-0.2, 0) is 43.2 Å². The summed E-state index contributed by atoms with van der Waals surface area (Å²) < 4.78 is 14.3. The molecule has 0 radical (unpaired) electrons. The molecule has 2 saturated heterocycles. The van der Waals surface area contributed by atoms with Crippen LogP contribution in [-0.4, -0.2) is 130 Å². The smallest absolute Gasteiger partial charge is 0.324 e. The second kappa shape index (κ2) is 20.5. The van der Waals surface area contributed by atoms with Crippen LogP contribution in [0.2, 0.25) is 0 Å². The minimum absolute atomic E-state index is 0.00942. The quantitative estimate of drug-likeness (QED) is 0.144. The van der Waals surface area contributed by atoms with Crippen molar-refractivity contribution in [2.75, 3.05) is 54.0 Å². The Bertz CT molecular complexity index is 2630. The van der Waals surface area contributed by atoms with Crippen molar-refractivity contribution in [1.29, 1.82) is 0 Å². The maximum atomic E-state index is 14.7. The van der Waals surface area contributed by atoms with Crippen molar-refractivity contribution in [2.24, 2.45) is 11.3 Å². The zero-order chi connectivity index (χ0) is 48.4. The highest BCUT2D eigenvalue weighted by Crippen LogP contribution is 2.42. The molecule has 5 aromatic rings. The van der Waals surface area contributed by atoms with E-state index in [1.54, 1.807) is 20.4 Å². The lowest BCUT2D eigenvalue weighted by atomic mass is 9.84. The lowest BCUT2D eigenvalue weighted by Crippen LogP contribution is -2.63. The number of nitrogens with zero attached hydrogens (tertiary/aromatic N) is 7. The number of hydrogen-bond donors (Lipinski definition) is 2. The standard InChI is InChI=1S/C52H67N9O6S/c1-10-60-42-21-20-35-26-37(42)38(47(60)36-18-14-22-53-45(36)33(4)66-9)28-52(5,6)31-67-50(64)39-19-15-23-61(56-39)49(63)40(27-44-54-41(35)30-68-44)55-48(62)46(32(2)3)58(8)51(65)59-25-24-57(7)43(29-59)34-16-12-11-13-17-34/h11-14,16-18,20-22,26,30,32-33,39-40,43,46,56H,10,15,19,23-25,27-29,31H2,1-9H3,(H,55,62)/t33-,39-,40-,43-,46-/m0/s1. The van der Waals surface area contributed by atoms with Crippen LogP contribution in [0.3, 0.4) is 0 Å². The summed E-state index contributed by atoms with van der Waals surface area (Å²) in [4.78, 5) is 73.1. The Morgan fingerprint density at radius 3 is 2.57 bits per heavy atom. The molecule has 0 unspecified atom stereocenters. The third kappa shape index (κ3) is 10.1. The average molecular weight is 946 g/mol. The molecule has 2 fully saturated rings. The monoisotopic (exact) mass is 945 g/mol. The number of likely N-dealkylation sites (N-methyl/N-ethyl adjacent to an activating group) is 2. The fourth-order valence-electron chi connectivity index (χ4n) is 10.2. The molecule has 3 aliphatic rings. The predicted molar refractivity (Wildman–Crippen MR) is 264 cm³/mol. The number of thiazole rings is 1. The number of esters is 1. The number of hydrogen-bond acceptors (Lipinski definition) is 11. The Labute approximate surface area is 404 Å². The highest BCUT2D eigenvalue weighted by Gasteiger charge is 2.40. The number of aryl methyl sites for hydroxylation is 1. The van der Waals surface area contributed by atoms with Gasteiger partial charge in [0.15, 0.2) is 0 Å². The number of methoxy groups -OCH3 is 1. The van der Waals surface area contributed by atoms with Gasteiger partial charge in [0.25, 0.3) is 5.91 Å². The number of fused-ring (bicyclic) bond motifs is 6. The minimum atomic E-state index is -1.06. The number of aromatic nitrogens is 3. The summed E-state index contributed by atoms with van der Waals surface area (Å²) in [6.45, 7) is 15.0. The van der Waals surface area contributed by atoms with Crippen LogP contribution in [0, 0.1) is 11.3 Å². The Morgan fingerprint density at radius 1 is 1.06 bits per heavy atom. The fourth-order valence-corrected chi connectivity index (χ4v) is 11.0. The van der Waals surface area contributed by atoms with Gasteiger partial charge >= 0.3 is 12.0 Å². The van der Waals surface area contributed by atoms with Crippen LogP contribution in [0.4, 0.5) is 4.79 Å². The Morgan fingerprint density at radius 2 is 1.84 bits per heavy atom. The summed E-state index contributed by atoms with van der Waals surface area (Å²) in [5.74, 6) is -1.56. The zero-order valence-corrected chi connectivity index (χ0v) is 41.8. The molecule has 5 atom stereocenters. The lowest BCUT2D eigenvalue weighted by Gasteiger charge is -2.42. The molecule has 16 heteroatoms. The molecule has 3 aromatic heterocycles. The summed E-state index contributed by atoms with van der Waals surface area (Å²) in [5, 5.41) is 8.25. The first-order valence-corrected chi connectivity index (χ1v) is 24.9. The van der Waals surface area contributed by atoms with E-state index in [4.69, 9.17) is 19.4 Å². The van der Waals surface area contributed by atoms with E-state index in [0.717, 1.165) is 50.2 Å². The number of piperazine rings is 1. The zero-order valence-electron chi connectivity index (χ0n) is 41.0. The van der Waals surface area contributed by atoms with Gasteiger partial charge in [-0.15, -0.1) is 11.3 Å². The van der Waals surface area contributed by atoms with Gasteiger partial charge in [0.1, 0.15) is 18.1 Å². The van der Waals surface area contributed by atoms with Crippen LogP contribution in [0.1, 0.15) is 88.4 Å². The van der Waals surface area contributed by atoms with Crippen molar-refractivity contribution < 1.29 is 28.7 Å². The van der Waals surface area contributed by atoms with E-state index in [1.165, 1.54) is 21.2 Å². The van der Waals surface area contributed by atoms with Gasteiger partial charge in [0, 0.05) is 92.3 Å². The molecule has 0 aliphatic carbocycles. The van der Waals surface area contributed by atoms with Gasteiger partial charge in [-0.25, -0.2) is 15.2 Å². The Hall–Kier alpha value is -5.68. The van der Waals surface area contributed by atoms with Crippen LogP contribution in [0.15, 0.2) is 72.2 Å². The number of nitrogens with one attached hydrogen (secondary N) is 2. The molecular weight excluding hydrogens is 879 g/mol. The van der Waals surface area contributed by atoms with Crippen molar-refractivity contribution in [3.8, 4) is 22.5 Å². The number of urea groups is 1. The van der Waals surface area contributed by atoms with E-state index in [0.29, 0.717) is 57.0 Å². The van der Waals surface area contributed by atoms with Gasteiger partial charge in [-0.1, -0.05) is 64.1 Å². The third-order valence-corrected chi connectivity index (χ3v) is 14.7. The largest absolute Gasteiger partial charge is 0.464 e. The lowest BCUT2D eigenvalue weighted by molar-refractivity contribution is -0.155. The number of benzene rings is 2. The number of pyridine rings is 1. The molecule has 0 spiro atoms. The number of cyclic esters (lactones) is 1. The highest BCUT2D eigenvalue weighted by atomic mass is 32.1. The summed E-state index contributed by atoms with van der Waals surface area (Å²) in [5.41, 5.74) is 10.5. The van der Waals surface area contributed by atoms with E-state index in [-0.39, 0.29) is 37.1 Å². The van der Waals surface area contributed by atoms with Crippen LogP contribution in [0.5, 0.6) is 0 Å². The normalized spacial score (nSPS) is 21.3. The first-order chi connectivity index (χ1) is 32.6. The number of rotatable bonds is 9. The van der Waals surface area contributed by atoms with Crippen molar-refractivity contribution in [3.63, 3.8) is 0 Å². The summed E-state index contributed by atoms with van der Waals surface area (Å²) in [6.07, 6.45) is 3.27. The van der Waals surface area contributed by atoms with Gasteiger partial charge < -0.3 is 29.2 Å². The molecule has 3 aliphatic heterocycles. The van der Waals surface area contributed by atoms with E-state index in [1.807, 2.05) is 55.3 Å². The highest BCUT2D eigenvalue weighted by molar-refractivity contribution is 7.10. The van der Waals surface area contributed by atoms with Crippen LogP contribution in [0.25, 0.3) is 33.4 Å². The molecule has 68 heavy (non-hydrogen) atoms. The predicted octanol–water partition coefficient (Wildman–Crippen LogP) is 7.27. The number of hydrazine groups is 1. The molecule has 6 bridgehead atoms. The Balaban J connectivity index is 1.14. The van der Waals surface area contributed by atoms with Crippen molar-refractivity contribution in [1.82, 2.24) is 45.0 Å². The SMILES string of the molecule is CCn1c(-c2cccnc2[C@H](C)OC)c2c3cc(ccc31)-c1csc(n1)C[C@H](NC(=O)[C@H](C(C)C)N(C)C(=O)N1CCN(C)[C@H](c3ccccc3)C1)C(=O)N1CCC[C@H](N1)C(=O)OCC(C)(C)C2. The van der Waals surface area contributed by atoms with Crippen LogP contribution >= 0.6 is 11.3 Å². The van der Waals surface area contributed by atoms with Gasteiger partial charge in [-0.05, 0) is 81.5 Å². The van der Waals surface area contributed by atoms with Gasteiger partial charge in [0.05, 0.1) is 40.8 Å². The molecule has 362 valence electrons. The second-order valence-electron chi connectivity index (χ2n) is 19.7. The van der Waals surface area contributed by atoms with Crippen molar-refractivity contribution in [3.05, 3.63) is 94.1 Å². The van der Waals surface area contributed by atoms with Gasteiger partial charge in [-0.2, -0.15) is 0 Å². The number of carbonyl (C=O) groups excluding carboxylic acids is 4. The van der Waals surface area contributed by atoms with Crippen molar-refractivity contribution in [2.45, 2.75) is 104 Å². The molecular formula is C52H67N9O6S. The van der Waals surface area contributed by atoms with Crippen molar-refractivity contribution >= 4 is 46.1 Å². The molecule has 2 N–H and O–H groups in total. The third-order valence-electron chi connectivity index (χ3n) is 13.9. The maximum Gasteiger partial charge on any atom is 0.324 e. The number of amides is 4. The van der Waals surface area contributed by atoms with E-state index >= 15 is 0 Å². The van der Waals surface area contributed by atoms with E-state index in [2.05, 4.69) is 84.4 Å². The molecule has 6 heterocycles. The van der Waals surface area contributed by atoms with E-state index < -0.39 is 41.3 Å². The average Bonchev–Trinajstić information content (AvgIpc) is 3.93. The molecule has 0 saturated carbocycles. The van der Waals surface area contributed by atoms with E-state index in [9.17, 15) is 19.2 Å². The first-order valence-electron chi connectivity index (χ1n) is 24.0. The fraction of sp³-hybridized carbons (Fsp3) is 0.500. The second-order valence-corrected chi connectivity index (χ2v) is 20.6.